The molecule has 0 atom stereocenters. The van der Waals surface area contributed by atoms with Crippen LogP contribution in [-0.4, -0.2) is 36.5 Å². The highest BCUT2D eigenvalue weighted by Gasteiger charge is 2.29. The van der Waals surface area contributed by atoms with E-state index in [0.717, 1.165) is 0 Å². The highest BCUT2D eigenvalue weighted by atomic mass is 35.5. The Balaban J connectivity index is 2.20. The van der Waals surface area contributed by atoms with Crippen molar-refractivity contribution in [1.82, 2.24) is 4.57 Å². The highest BCUT2D eigenvalue weighted by molar-refractivity contribution is 6.30. The Labute approximate surface area is 143 Å². The Morgan fingerprint density at radius 2 is 1.83 bits per heavy atom. The van der Waals surface area contributed by atoms with Crippen LogP contribution in [0.15, 0.2) is 34.9 Å². The third kappa shape index (κ3) is 3.68. The van der Waals surface area contributed by atoms with Crippen LogP contribution in [0.2, 0.25) is 5.15 Å². The summed E-state index contributed by atoms with van der Waals surface area (Å²) in [5.74, 6) is -2.68. The number of furan rings is 1. The van der Waals surface area contributed by atoms with Gasteiger partial charge in [0.1, 0.15) is 5.15 Å². The number of ether oxygens (including phenoxy) is 2. The second-order valence-corrected chi connectivity index (χ2v) is 5.27. The van der Waals surface area contributed by atoms with Crippen LogP contribution in [0.3, 0.4) is 0 Å². The zero-order valence-electron chi connectivity index (χ0n) is 13.2. The lowest BCUT2D eigenvalue weighted by Gasteiger charge is -2.14. The van der Waals surface area contributed by atoms with Crippen molar-refractivity contribution >= 4 is 29.3 Å². The van der Waals surface area contributed by atoms with E-state index in [9.17, 15) is 14.4 Å². The molecule has 0 aliphatic carbocycles. The molecule has 24 heavy (non-hydrogen) atoms. The average molecular weight is 354 g/mol. The Kier molecular flexibility index (Phi) is 5.81. The van der Waals surface area contributed by atoms with Crippen LogP contribution in [0.4, 0.5) is 0 Å². The lowest BCUT2D eigenvalue weighted by Crippen LogP contribution is -2.28. The van der Waals surface area contributed by atoms with Crippen LogP contribution >= 0.6 is 11.6 Å². The molecule has 0 amide bonds. The quantitative estimate of drug-likeness (QED) is 0.431. The van der Waals surface area contributed by atoms with Gasteiger partial charge >= 0.3 is 11.9 Å². The topological polar surface area (TPSA) is 87.7 Å². The number of halogens is 1. The first-order valence-electron chi connectivity index (χ1n) is 7.08. The van der Waals surface area contributed by atoms with Crippen molar-refractivity contribution in [3.8, 4) is 0 Å². The fraction of sp³-hybridized carbons (Fsp3) is 0.312. The molecule has 0 unspecified atom stereocenters. The molecular weight excluding hydrogens is 338 g/mol. The predicted octanol–water partition coefficient (Wildman–Crippen LogP) is 2.32. The number of hydrogen-bond donors (Lipinski definition) is 0. The van der Waals surface area contributed by atoms with Gasteiger partial charge in [0, 0.05) is 6.54 Å². The van der Waals surface area contributed by atoms with Crippen molar-refractivity contribution in [3.63, 3.8) is 0 Å². The van der Waals surface area contributed by atoms with E-state index in [-0.39, 0.29) is 24.5 Å². The number of ketones is 1. The molecule has 2 aromatic heterocycles. The van der Waals surface area contributed by atoms with Crippen molar-refractivity contribution in [1.29, 1.82) is 0 Å². The second kappa shape index (κ2) is 7.83. The minimum absolute atomic E-state index is 0.0756. The fourth-order valence-electron chi connectivity index (χ4n) is 2.28. The molecule has 2 heterocycles. The fourth-order valence-corrected chi connectivity index (χ4v) is 2.52. The van der Waals surface area contributed by atoms with Crippen molar-refractivity contribution in [2.75, 3.05) is 14.2 Å². The van der Waals surface area contributed by atoms with E-state index < -0.39 is 17.9 Å². The average Bonchev–Trinajstić information content (AvgIpc) is 3.24. The summed E-state index contributed by atoms with van der Waals surface area (Å²) < 4.78 is 15.8. The standard InChI is InChI=1S/C16H16ClNO6/c1-22-15(20)10(16(21)23-2)7-8-18-11(5-6-13(18)17)14(19)12-4-3-9-24-12/h3-6,9-10H,7-8H2,1-2H3. The van der Waals surface area contributed by atoms with Gasteiger partial charge in [0.2, 0.25) is 5.78 Å². The smallest absolute Gasteiger partial charge is 0.320 e. The van der Waals surface area contributed by atoms with E-state index in [1.165, 1.54) is 25.0 Å². The SMILES string of the molecule is COC(=O)C(CCn1c(Cl)ccc1C(=O)c1ccco1)C(=O)OC. The van der Waals surface area contributed by atoms with Gasteiger partial charge in [0.25, 0.3) is 0 Å². The molecular formula is C16H16ClNO6. The normalized spacial score (nSPS) is 10.7. The number of carbonyl (C=O) groups excluding carboxylic acids is 3. The first-order valence-corrected chi connectivity index (χ1v) is 7.46. The minimum atomic E-state index is -1.09. The molecule has 0 bridgehead atoms. The van der Waals surface area contributed by atoms with Gasteiger partial charge in [-0.2, -0.15) is 0 Å². The third-order valence-corrected chi connectivity index (χ3v) is 3.85. The summed E-state index contributed by atoms with van der Waals surface area (Å²) in [7, 11) is 2.37. The maximum Gasteiger partial charge on any atom is 0.320 e. The molecule has 0 saturated carbocycles. The van der Waals surface area contributed by atoms with Gasteiger partial charge in [-0.3, -0.25) is 14.4 Å². The van der Waals surface area contributed by atoms with Crippen LogP contribution < -0.4 is 0 Å². The van der Waals surface area contributed by atoms with Crippen molar-refractivity contribution < 1.29 is 28.3 Å². The van der Waals surface area contributed by atoms with E-state index in [0.29, 0.717) is 10.8 Å². The van der Waals surface area contributed by atoms with E-state index in [1.54, 1.807) is 24.3 Å². The van der Waals surface area contributed by atoms with Gasteiger partial charge in [-0.05, 0) is 30.7 Å². The lowest BCUT2D eigenvalue weighted by molar-refractivity contribution is -0.159. The van der Waals surface area contributed by atoms with E-state index in [2.05, 4.69) is 9.47 Å². The van der Waals surface area contributed by atoms with Crippen molar-refractivity contribution in [3.05, 3.63) is 47.1 Å². The lowest BCUT2D eigenvalue weighted by atomic mass is 10.1. The molecule has 128 valence electrons. The second-order valence-electron chi connectivity index (χ2n) is 4.89. The molecule has 0 spiro atoms. The maximum atomic E-state index is 12.4. The van der Waals surface area contributed by atoms with Gasteiger partial charge in [0.05, 0.1) is 26.2 Å². The molecule has 0 radical (unpaired) electrons. The monoisotopic (exact) mass is 353 g/mol. The summed E-state index contributed by atoms with van der Waals surface area (Å²) in [6.45, 7) is 0.155. The van der Waals surface area contributed by atoms with Crippen LogP contribution in [-0.2, 0) is 25.6 Å². The number of methoxy groups -OCH3 is 2. The van der Waals surface area contributed by atoms with Crippen molar-refractivity contribution in [2.45, 2.75) is 13.0 Å². The zero-order chi connectivity index (χ0) is 17.7. The van der Waals surface area contributed by atoms with Crippen LogP contribution in [0.25, 0.3) is 0 Å². The largest absolute Gasteiger partial charge is 0.468 e. The molecule has 0 aliphatic rings. The van der Waals surface area contributed by atoms with Gasteiger partial charge in [-0.1, -0.05) is 11.6 Å². The number of nitrogens with zero attached hydrogens (tertiary/aromatic N) is 1. The van der Waals surface area contributed by atoms with Gasteiger partial charge in [0.15, 0.2) is 11.7 Å². The molecule has 8 heteroatoms. The number of hydrogen-bond acceptors (Lipinski definition) is 6. The van der Waals surface area contributed by atoms with E-state index in [4.69, 9.17) is 16.0 Å². The van der Waals surface area contributed by atoms with Crippen LogP contribution in [0, 0.1) is 5.92 Å². The summed E-state index contributed by atoms with van der Waals surface area (Å²) in [6.07, 6.45) is 1.47. The predicted molar refractivity (Wildman–Crippen MR) is 83.7 cm³/mol. The summed E-state index contributed by atoms with van der Waals surface area (Å²) in [4.78, 5) is 35.8. The van der Waals surface area contributed by atoms with Gasteiger partial charge in [-0.15, -0.1) is 0 Å². The minimum Gasteiger partial charge on any atom is -0.468 e. The van der Waals surface area contributed by atoms with Gasteiger partial charge in [-0.25, -0.2) is 0 Å². The Hall–Kier alpha value is -2.54. The Morgan fingerprint density at radius 1 is 1.17 bits per heavy atom. The van der Waals surface area contributed by atoms with Crippen LogP contribution in [0.5, 0.6) is 0 Å². The van der Waals surface area contributed by atoms with E-state index >= 15 is 0 Å². The van der Waals surface area contributed by atoms with Crippen LogP contribution in [0.1, 0.15) is 22.7 Å². The van der Waals surface area contributed by atoms with Gasteiger partial charge < -0.3 is 18.5 Å². The molecule has 2 rings (SSSR count). The summed E-state index contributed by atoms with van der Waals surface area (Å²) in [5.41, 5.74) is 0.295. The number of carbonyl (C=O) groups is 3. The summed E-state index contributed by atoms with van der Waals surface area (Å²) in [6, 6.07) is 6.26. The zero-order valence-corrected chi connectivity index (χ0v) is 13.9. The van der Waals surface area contributed by atoms with E-state index in [1.807, 2.05) is 0 Å². The molecule has 7 nitrogen and oxygen atoms in total. The number of aromatic nitrogens is 1. The Bertz CT molecular complexity index is 718. The third-order valence-electron chi connectivity index (χ3n) is 3.52. The first kappa shape index (κ1) is 17.8. The molecule has 0 aliphatic heterocycles. The number of esters is 2. The first-order chi connectivity index (χ1) is 11.5. The molecule has 0 aromatic carbocycles. The molecule has 0 fully saturated rings. The molecule has 2 aromatic rings. The summed E-state index contributed by atoms with van der Waals surface area (Å²) >= 11 is 6.11. The highest BCUT2D eigenvalue weighted by Crippen LogP contribution is 2.21. The Morgan fingerprint density at radius 3 is 2.38 bits per heavy atom. The summed E-state index contributed by atoms with van der Waals surface area (Å²) in [5, 5.41) is 0.304. The number of rotatable bonds is 7. The molecule has 0 saturated heterocycles. The molecule has 0 N–H and O–H groups in total. The van der Waals surface area contributed by atoms with Crippen molar-refractivity contribution in [2.24, 2.45) is 5.92 Å². The maximum absolute atomic E-state index is 12.4.